The SMILES string of the molecule is CC(C)=N/N=c1/sc2cc(C(=O)O)ccc2n1C. The minimum atomic E-state index is -0.922. The first kappa shape index (κ1) is 12.5. The van der Waals surface area contributed by atoms with Crippen molar-refractivity contribution in [2.75, 3.05) is 0 Å². The summed E-state index contributed by atoms with van der Waals surface area (Å²) < 4.78 is 2.79. The zero-order chi connectivity index (χ0) is 13.3. The predicted octanol–water partition coefficient (Wildman–Crippen LogP) is 2.23. The fourth-order valence-electron chi connectivity index (χ4n) is 1.51. The van der Waals surface area contributed by atoms with Crippen LogP contribution in [0.3, 0.4) is 0 Å². The van der Waals surface area contributed by atoms with Gasteiger partial charge < -0.3 is 9.67 Å². The van der Waals surface area contributed by atoms with Crippen LogP contribution in [0.25, 0.3) is 10.2 Å². The van der Waals surface area contributed by atoms with Crippen molar-refractivity contribution in [2.45, 2.75) is 13.8 Å². The third-order valence-electron chi connectivity index (χ3n) is 2.39. The molecule has 2 rings (SSSR count). The van der Waals surface area contributed by atoms with Crippen molar-refractivity contribution in [3.63, 3.8) is 0 Å². The zero-order valence-corrected chi connectivity index (χ0v) is 11.2. The van der Waals surface area contributed by atoms with E-state index in [0.717, 1.165) is 20.7 Å². The molecule has 0 saturated heterocycles. The third-order valence-corrected chi connectivity index (χ3v) is 3.48. The lowest BCUT2D eigenvalue weighted by Crippen LogP contribution is -2.09. The third kappa shape index (κ3) is 2.33. The molecule has 94 valence electrons. The number of nitrogens with zero attached hydrogens (tertiary/aromatic N) is 3. The normalized spacial score (nSPS) is 11.8. The molecule has 0 aliphatic heterocycles. The average Bonchev–Trinajstić information content (AvgIpc) is 2.63. The van der Waals surface area contributed by atoms with Crippen molar-refractivity contribution < 1.29 is 9.90 Å². The van der Waals surface area contributed by atoms with E-state index in [9.17, 15) is 4.79 Å². The minimum absolute atomic E-state index is 0.283. The number of hydrogen-bond acceptors (Lipinski definition) is 4. The predicted molar refractivity (Wildman–Crippen MR) is 72.1 cm³/mol. The molecule has 0 unspecified atom stereocenters. The largest absolute Gasteiger partial charge is 0.478 e. The van der Waals surface area contributed by atoms with Gasteiger partial charge in [-0.1, -0.05) is 11.3 Å². The first-order valence-electron chi connectivity index (χ1n) is 5.37. The first-order chi connectivity index (χ1) is 8.49. The molecule has 0 amide bonds. The van der Waals surface area contributed by atoms with E-state index in [1.54, 1.807) is 18.2 Å². The van der Waals surface area contributed by atoms with Gasteiger partial charge in [-0.25, -0.2) is 4.79 Å². The van der Waals surface area contributed by atoms with E-state index in [1.807, 2.05) is 25.5 Å². The highest BCUT2D eigenvalue weighted by atomic mass is 32.1. The maximum absolute atomic E-state index is 10.9. The molecule has 0 radical (unpaired) electrons. The summed E-state index contributed by atoms with van der Waals surface area (Å²) in [5, 5.41) is 17.1. The van der Waals surface area contributed by atoms with E-state index >= 15 is 0 Å². The van der Waals surface area contributed by atoms with Gasteiger partial charge in [0.15, 0.2) is 0 Å². The molecule has 1 heterocycles. The van der Waals surface area contributed by atoms with Gasteiger partial charge in [0.1, 0.15) is 0 Å². The molecule has 0 aliphatic rings. The highest BCUT2D eigenvalue weighted by Crippen LogP contribution is 2.18. The van der Waals surface area contributed by atoms with Gasteiger partial charge in [0.05, 0.1) is 15.8 Å². The number of aromatic nitrogens is 1. The molecule has 0 aliphatic carbocycles. The first-order valence-corrected chi connectivity index (χ1v) is 6.18. The van der Waals surface area contributed by atoms with E-state index < -0.39 is 5.97 Å². The average molecular weight is 263 g/mol. The summed E-state index contributed by atoms with van der Waals surface area (Å²) in [5.41, 5.74) is 2.11. The highest BCUT2D eigenvalue weighted by molar-refractivity contribution is 7.16. The van der Waals surface area contributed by atoms with Gasteiger partial charge in [-0.2, -0.15) is 5.10 Å². The van der Waals surface area contributed by atoms with Crippen molar-refractivity contribution in [2.24, 2.45) is 17.3 Å². The van der Waals surface area contributed by atoms with Crippen LogP contribution in [-0.2, 0) is 7.05 Å². The summed E-state index contributed by atoms with van der Waals surface area (Å²) in [6, 6.07) is 5.04. The lowest BCUT2D eigenvalue weighted by Gasteiger charge is -1.96. The number of benzene rings is 1. The van der Waals surface area contributed by atoms with Crippen LogP contribution in [0.4, 0.5) is 0 Å². The summed E-state index contributed by atoms with van der Waals surface area (Å²) in [6.45, 7) is 3.75. The van der Waals surface area contributed by atoms with Crippen LogP contribution >= 0.6 is 11.3 Å². The van der Waals surface area contributed by atoms with E-state index in [4.69, 9.17) is 5.11 Å². The molecule has 1 aromatic heterocycles. The number of thiazole rings is 1. The Balaban J connectivity index is 2.66. The van der Waals surface area contributed by atoms with Crippen molar-refractivity contribution in [3.05, 3.63) is 28.6 Å². The van der Waals surface area contributed by atoms with Gasteiger partial charge in [0.2, 0.25) is 4.80 Å². The number of rotatable bonds is 2. The monoisotopic (exact) mass is 263 g/mol. The lowest BCUT2D eigenvalue weighted by atomic mass is 10.2. The van der Waals surface area contributed by atoms with Crippen LogP contribution in [0.1, 0.15) is 24.2 Å². The number of carboxylic acids is 1. The Kier molecular flexibility index (Phi) is 3.29. The van der Waals surface area contributed by atoms with Crippen LogP contribution in [0, 0.1) is 0 Å². The summed E-state index contributed by atoms with van der Waals surface area (Å²) in [7, 11) is 1.89. The van der Waals surface area contributed by atoms with Gasteiger partial charge in [-0.3, -0.25) is 0 Å². The Bertz CT molecular complexity index is 706. The summed E-state index contributed by atoms with van der Waals surface area (Å²) in [6.07, 6.45) is 0. The van der Waals surface area contributed by atoms with Gasteiger partial charge in [-0.15, -0.1) is 5.10 Å². The standard InChI is InChI=1S/C12H13N3O2S/c1-7(2)13-14-12-15(3)9-5-4-8(11(16)17)6-10(9)18-12/h4-6H,1-3H3,(H,16,17)/b14-12+. The van der Waals surface area contributed by atoms with Gasteiger partial charge in [-0.05, 0) is 32.0 Å². The number of fused-ring (bicyclic) bond motifs is 1. The summed E-state index contributed by atoms with van der Waals surface area (Å²) in [5.74, 6) is -0.922. The summed E-state index contributed by atoms with van der Waals surface area (Å²) in [4.78, 5) is 11.6. The maximum atomic E-state index is 10.9. The van der Waals surface area contributed by atoms with Crippen LogP contribution in [0.15, 0.2) is 28.4 Å². The smallest absolute Gasteiger partial charge is 0.335 e. The Morgan fingerprint density at radius 1 is 1.39 bits per heavy atom. The van der Waals surface area contributed by atoms with E-state index in [0.29, 0.717) is 0 Å². The molecule has 0 atom stereocenters. The zero-order valence-electron chi connectivity index (χ0n) is 10.3. The maximum Gasteiger partial charge on any atom is 0.335 e. The molecule has 2 aromatic rings. The van der Waals surface area contributed by atoms with Crippen LogP contribution < -0.4 is 4.80 Å². The minimum Gasteiger partial charge on any atom is -0.478 e. The second kappa shape index (κ2) is 4.73. The van der Waals surface area contributed by atoms with Crippen LogP contribution in [-0.4, -0.2) is 21.4 Å². The van der Waals surface area contributed by atoms with Gasteiger partial charge in [0, 0.05) is 12.8 Å². The second-order valence-electron chi connectivity index (χ2n) is 4.08. The molecule has 0 spiro atoms. The Morgan fingerprint density at radius 3 is 2.72 bits per heavy atom. The lowest BCUT2D eigenvalue weighted by molar-refractivity contribution is 0.0697. The van der Waals surface area contributed by atoms with Crippen molar-refractivity contribution in [1.82, 2.24) is 4.57 Å². The van der Waals surface area contributed by atoms with Gasteiger partial charge >= 0.3 is 5.97 Å². The molecular weight excluding hydrogens is 250 g/mol. The quantitative estimate of drug-likeness (QED) is 0.667. The van der Waals surface area contributed by atoms with E-state index in [2.05, 4.69) is 10.2 Å². The number of hydrogen-bond donors (Lipinski definition) is 1. The molecule has 5 nitrogen and oxygen atoms in total. The highest BCUT2D eigenvalue weighted by Gasteiger charge is 2.07. The Labute approximate surface area is 108 Å². The summed E-state index contributed by atoms with van der Waals surface area (Å²) >= 11 is 1.42. The van der Waals surface area contributed by atoms with Crippen molar-refractivity contribution in [3.8, 4) is 0 Å². The Morgan fingerprint density at radius 2 is 2.11 bits per heavy atom. The fourth-order valence-corrected chi connectivity index (χ4v) is 2.52. The Hall–Kier alpha value is -1.95. The van der Waals surface area contributed by atoms with Gasteiger partial charge in [0.25, 0.3) is 0 Å². The van der Waals surface area contributed by atoms with Crippen molar-refractivity contribution in [1.29, 1.82) is 0 Å². The topological polar surface area (TPSA) is 66.9 Å². The molecule has 1 N–H and O–H groups in total. The fraction of sp³-hybridized carbons (Fsp3) is 0.250. The number of carboxylic acid groups (broad SMARTS) is 1. The molecule has 18 heavy (non-hydrogen) atoms. The van der Waals surface area contributed by atoms with Crippen LogP contribution in [0.2, 0.25) is 0 Å². The molecule has 0 saturated carbocycles. The van der Waals surface area contributed by atoms with Crippen molar-refractivity contribution >= 4 is 33.2 Å². The molecular formula is C12H13N3O2S. The molecule has 6 heteroatoms. The number of carbonyl (C=O) groups is 1. The molecule has 0 fully saturated rings. The second-order valence-corrected chi connectivity index (χ2v) is 5.09. The van der Waals surface area contributed by atoms with Crippen LogP contribution in [0.5, 0.6) is 0 Å². The van der Waals surface area contributed by atoms with E-state index in [1.165, 1.54) is 11.3 Å². The van der Waals surface area contributed by atoms with E-state index in [-0.39, 0.29) is 5.56 Å². The number of aryl methyl sites for hydroxylation is 1. The number of aromatic carboxylic acids is 1. The molecule has 0 bridgehead atoms. The molecule has 1 aromatic carbocycles.